The summed E-state index contributed by atoms with van der Waals surface area (Å²) < 4.78 is 21.2. The average molecular weight is 369 g/mol. The lowest BCUT2D eigenvalue weighted by Gasteiger charge is -2.43. The van der Waals surface area contributed by atoms with E-state index in [1.54, 1.807) is 6.92 Å². The highest BCUT2D eigenvalue weighted by Crippen LogP contribution is 2.26. The van der Waals surface area contributed by atoms with Gasteiger partial charge in [0.15, 0.2) is 6.29 Å². The van der Waals surface area contributed by atoms with E-state index in [0.717, 1.165) is 0 Å². The van der Waals surface area contributed by atoms with Crippen molar-refractivity contribution in [2.24, 2.45) is 5.90 Å². The van der Waals surface area contributed by atoms with Crippen LogP contribution < -0.4 is 5.90 Å². The molecule has 0 amide bonds. The topological polar surface area (TPSA) is 173 Å². The van der Waals surface area contributed by atoms with Gasteiger partial charge in [0.1, 0.15) is 48.8 Å². The molecule has 11 nitrogen and oxygen atoms in total. The van der Waals surface area contributed by atoms with Crippen LogP contribution in [0.5, 0.6) is 0 Å². The van der Waals surface area contributed by atoms with E-state index in [9.17, 15) is 25.5 Å². The lowest BCUT2D eigenvalue weighted by atomic mass is 9.96. The fraction of sp³-hybridized carbons (Fsp3) is 1.00. The van der Waals surface area contributed by atoms with E-state index in [0.29, 0.717) is 0 Å². The summed E-state index contributed by atoms with van der Waals surface area (Å²) in [6, 6.07) is 0. The summed E-state index contributed by atoms with van der Waals surface area (Å²) in [4.78, 5) is 4.60. The van der Waals surface area contributed by atoms with Gasteiger partial charge in [0.05, 0.1) is 19.3 Å². The Bertz CT molecular complexity index is 415. The van der Waals surface area contributed by atoms with Crippen molar-refractivity contribution in [1.29, 1.82) is 0 Å². The first-order valence-electron chi connectivity index (χ1n) is 7.99. The van der Waals surface area contributed by atoms with Crippen molar-refractivity contribution in [3.05, 3.63) is 0 Å². The number of ether oxygens (including phenoxy) is 4. The molecule has 10 unspecified atom stereocenters. The Hall–Kier alpha value is -0.440. The van der Waals surface area contributed by atoms with Crippen LogP contribution in [0, 0.1) is 0 Å². The second-order valence-corrected chi connectivity index (χ2v) is 6.26. The van der Waals surface area contributed by atoms with E-state index >= 15 is 0 Å². The predicted molar refractivity (Wildman–Crippen MR) is 79.9 cm³/mol. The molecule has 0 aromatic heterocycles. The Balaban J connectivity index is 1.95. The normalized spacial score (nSPS) is 48.5. The van der Waals surface area contributed by atoms with E-state index in [1.165, 1.54) is 7.11 Å². The first kappa shape index (κ1) is 20.9. The van der Waals surface area contributed by atoms with Crippen LogP contribution in [0.4, 0.5) is 0 Å². The summed E-state index contributed by atoms with van der Waals surface area (Å²) >= 11 is 0. The van der Waals surface area contributed by atoms with Crippen LogP contribution in [0.25, 0.3) is 0 Å². The third kappa shape index (κ3) is 4.46. The second-order valence-electron chi connectivity index (χ2n) is 6.26. The third-order valence-electron chi connectivity index (χ3n) is 4.50. The minimum absolute atomic E-state index is 0.0153. The minimum atomic E-state index is -1.51. The molecule has 0 aliphatic carbocycles. The van der Waals surface area contributed by atoms with Crippen LogP contribution in [0.3, 0.4) is 0 Å². The van der Waals surface area contributed by atoms with Gasteiger partial charge in [0.25, 0.3) is 0 Å². The maximum absolute atomic E-state index is 10.1. The van der Waals surface area contributed by atoms with Gasteiger partial charge >= 0.3 is 0 Å². The Labute approximate surface area is 144 Å². The van der Waals surface area contributed by atoms with Crippen LogP contribution in [0.1, 0.15) is 6.92 Å². The fourth-order valence-corrected chi connectivity index (χ4v) is 3.00. The number of methoxy groups -OCH3 is 1. The molecule has 0 bridgehead atoms. The predicted octanol–water partition coefficient (Wildman–Crippen LogP) is -3.77. The fourth-order valence-electron chi connectivity index (χ4n) is 3.00. The van der Waals surface area contributed by atoms with Crippen molar-refractivity contribution in [1.82, 2.24) is 0 Å². The standard InChI is InChI=1S/C14H27NO10/c1-5-13(25-15)11(19)9(17)7(23-5)4-22-14-12(20)10(18)8(16)6(24-14)3-21-2/h5-14,16-20H,3-4,15H2,1-2H3. The average Bonchev–Trinajstić information content (AvgIpc) is 2.59. The van der Waals surface area contributed by atoms with Crippen LogP contribution >= 0.6 is 0 Å². The van der Waals surface area contributed by atoms with Crippen molar-refractivity contribution in [2.75, 3.05) is 20.3 Å². The molecule has 11 heteroatoms. The number of aliphatic hydroxyl groups excluding tert-OH is 5. The summed E-state index contributed by atoms with van der Waals surface area (Å²) in [5.74, 6) is 5.07. The van der Waals surface area contributed by atoms with Crippen LogP contribution in [0.15, 0.2) is 0 Å². The highest BCUT2D eigenvalue weighted by Gasteiger charge is 2.47. The summed E-state index contributed by atoms with van der Waals surface area (Å²) in [6.07, 6.45) is -11.6. The SMILES string of the molecule is COCC1OC(OCC2OC(C)C(ON)C(O)C2O)C(O)C(O)C1O. The van der Waals surface area contributed by atoms with Gasteiger partial charge in [-0.1, -0.05) is 0 Å². The lowest BCUT2D eigenvalue weighted by Crippen LogP contribution is -2.61. The van der Waals surface area contributed by atoms with Gasteiger partial charge < -0.3 is 44.5 Å². The smallest absolute Gasteiger partial charge is 0.186 e. The maximum atomic E-state index is 10.1. The molecule has 0 spiro atoms. The molecule has 148 valence electrons. The Kier molecular flexibility index (Phi) is 7.49. The molecule has 2 heterocycles. The summed E-state index contributed by atoms with van der Waals surface area (Å²) in [7, 11) is 1.40. The molecule has 2 rings (SSSR count). The van der Waals surface area contributed by atoms with Crippen LogP contribution in [-0.4, -0.2) is 107 Å². The molecule has 2 aliphatic heterocycles. The van der Waals surface area contributed by atoms with Crippen molar-refractivity contribution < 1.29 is 49.3 Å². The quantitative estimate of drug-likeness (QED) is 0.254. The van der Waals surface area contributed by atoms with Crippen molar-refractivity contribution in [2.45, 2.75) is 68.1 Å². The molecule has 10 atom stereocenters. The van der Waals surface area contributed by atoms with Gasteiger partial charge in [-0.05, 0) is 6.92 Å². The minimum Gasteiger partial charge on any atom is -0.387 e. The number of aliphatic hydroxyl groups is 5. The first-order valence-corrected chi connectivity index (χ1v) is 7.99. The molecule has 2 saturated heterocycles. The largest absolute Gasteiger partial charge is 0.387 e. The third-order valence-corrected chi connectivity index (χ3v) is 4.50. The van der Waals surface area contributed by atoms with Crippen molar-refractivity contribution in [3.8, 4) is 0 Å². The molecule has 2 fully saturated rings. The number of hydrogen-bond donors (Lipinski definition) is 6. The van der Waals surface area contributed by atoms with E-state index in [-0.39, 0.29) is 13.2 Å². The molecule has 0 saturated carbocycles. The Morgan fingerprint density at radius 1 is 0.840 bits per heavy atom. The number of rotatable bonds is 6. The second kappa shape index (κ2) is 8.97. The summed E-state index contributed by atoms with van der Waals surface area (Å²) in [5.41, 5.74) is 0. The molecule has 2 aliphatic rings. The van der Waals surface area contributed by atoms with Gasteiger partial charge in [0.2, 0.25) is 0 Å². The summed E-state index contributed by atoms with van der Waals surface area (Å²) in [5, 5.41) is 49.8. The Morgan fingerprint density at radius 3 is 2.04 bits per heavy atom. The van der Waals surface area contributed by atoms with Crippen molar-refractivity contribution in [3.63, 3.8) is 0 Å². The van der Waals surface area contributed by atoms with Gasteiger partial charge in [0, 0.05) is 7.11 Å². The van der Waals surface area contributed by atoms with Gasteiger partial charge in [-0.25, -0.2) is 5.90 Å². The van der Waals surface area contributed by atoms with Gasteiger partial charge in [-0.2, -0.15) is 0 Å². The number of nitrogens with two attached hydrogens (primary N) is 1. The molecular weight excluding hydrogens is 342 g/mol. The van der Waals surface area contributed by atoms with E-state index < -0.39 is 61.2 Å². The molecule has 0 radical (unpaired) electrons. The van der Waals surface area contributed by atoms with E-state index in [4.69, 9.17) is 24.8 Å². The van der Waals surface area contributed by atoms with E-state index in [1.807, 2.05) is 0 Å². The zero-order valence-corrected chi connectivity index (χ0v) is 14.0. The van der Waals surface area contributed by atoms with Crippen molar-refractivity contribution >= 4 is 0 Å². The summed E-state index contributed by atoms with van der Waals surface area (Å²) in [6.45, 7) is 1.35. The zero-order chi connectivity index (χ0) is 18.7. The highest BCUT2D eigenvalue weighted by molar-refractivity contribution is 4.92. The maximum Gasteiger partial charge on any atom is 0.186 e. The molecular formula is C14H27NO10. The van der Waals surface area contributed by atoms with Gasteiger partial charge in [-0.3, -0.25) is 4.84 Å². The van der Waals surface area contributed by atoms with Crippen LogP contribution in [-0.2, 0) is 23.8 Å². The lowest BCUT2D eigenvalue weighted by molar-refractivity contribution is -0.315. The van der Waals surface area contributed by atoms with E-state index in [2.05, 4.69) is 4.84 Å². The number of hydrogen-bond acceptors (Lipinski definition) is 11. The Morgan fingerprint density at radius 2 is 1.44 bits per heavy atom. The monoisotopic (exact) mass is 369 g/mol. The highest BCUT2D eigenvalue weighted by atomic mass is 16.7. The van der Waals surface area contributed by atoms with Gasteiger partial charge in [-0.15, -0.1) is 0 Å². The molecule has 7 N–H and O–H groups in total. The molecule has 0 aromatic rings. The zero-order valence-electron chi connectivity index (χ0n) is 14.0. The molecule has 0 aromatic carbocycles. The van der Waals surface area contributed by atoms with Crippen LogP contribution in [0.2, 0.25) is 0 Å². The molecule has 25 heavy (non-hydrogen) atoms. The first-order chi connectivity index (χ1) is 11.8.